The van der Waals surface area contributed by atoms with Crippen LogP contribution in [0.15, 0.2) is 24.8 Å². The minimum Gasteiger partial charge on any atom is -0.493 e. The fraction of sp³-hybridized carbons (Fsp3) is 0.560. The Morgan fingerprint density at radius 3 is 2.03 bits per heavy atom. The third-order valence-electron chi connectivity index (χ3n) is 5.47. The number of allylic oxidation sites excluding steroid dienone is 1. The van der Waals surface area contributed by atoms with Crippen molar-refractivity contribution in [3.8, 4) is 17.2 Å². The van der Waals surface area contributed by atoms with E-state index in [9.17, 15) is 14.4 Å². The number of ether oxygens (including phenoxy) is 4. The molecule has 9 nitrogen and oxygen atoms in total. The Balaban J connectivity index is 2.09. The molecule has 9 heteroatoms. The molecular formula is C25H36N2O7. The Hall–Kier alpha value is -3.23. The first-order chi connectivity index (χ1) is 16.0. The Bertz CT molecular complexity index is 882. The first kappa shape index (κ1) is 27.0. The van der Waals surface area contributed by atoms with Crippen molar-refractivity contribution >= 4 is 17.8 Å². The van der Waals surface area contributed by atoms with Crippen LogP contribution in [-0.2, 0) is 9.53 Å². The van der Waals surface area contributed by atoms with Crippen molar-refractivity contribution in [1.82, 2.24) is 9.80 Å². The van der Waals surface area contributed by atoms with E-state index in [2.05, 4.69) is 6.58 Å². The molecule has 1 saturated heterocycles. The Morgan fingerprint density at radius 1 is 0.971 bits per heavy atom. The molecule has 2 rings (SSSR count). The van der Waals surface area contributed by atoms with Gasteiger partial charge in [-0.15, -0.1) is 6.58 Å². The minimum absolute atomic E-state index is 0.0224. The summed E-state index contributed by atoms with van der Waals surface area (Å²) in [5, 5.41) is 0. The number of carbonyl (C=O) groups is 3. The minimum atomic E-state index is -0.722. The molecule has 0 saturated carbocycles. The summed E-state index contributed by atoms with van der Waals surface area (Å²) in [5.41, 5.74) is -0.248. The number of benzene rings is 1. The summed E-state index contributed by atoms with van der Waals surface area (Å²) in [6.07, 6.45) is 1.70. The van der Waals surface area contributed by atoms with Gasteiger partial charge in [0.15, 0.2) is 17.3 Å². The van der Waals surface area contributed by atoms with E-state index in [1.54, 1.807) is 21.9 Å². The molecular weight excluding hydrogens is 440 g/mol. The molecule has 188 valence electrons. The molecule has 34 heavy (non-hydrogen) atoms. The Kier molecular flexibility index (Phi) is 9.35. The molecule has 2 amide bonds. The average Bonchev–Trinajstić information content (AvgIpc) is 3.06. The Morgan fingerprint density at radius 2 is 1.53 bits per heavy atom. The Labute approximate surface area is 201 Å². The summed E-state index contributed by atoms with van der Waals surface area (Å²) in [6.45, 7) is 11.0. The number of ketones is 1. The van der Waals surface area contributed by atoms with Crippen molar-refractivity contribution in [3.05, 3.63) is 30.4 Å². The molecule has 0 unspecified atom stereocenters. The highest BCUT2D eigenvalue weighted by Crippen LogP contribution is 2.39. The van der Waals surface area contributed by atoms with E-state index in [1.165, 1.54) is 27.4 Å². The highest BCUT2D eigenvalue weighted by atomic mass is 16.6. The standard InChI is InChI=1S/C25H36N2O7/c1-8-17(22(29)18-14-19(31-5)23(33-7)20(15-18)32-6)16-21(28)26-10-9-11-27(13-12-26)24(30)34-25(2,3)4/h8,14-15,17H,1,9-13,16H2,2-7H3/t17-/m1/s1. The SMILES string of the molecule is C=C[C@H](CC(=O)N1CCCN(C(=O)OC(C)(C)C)CC1)C(=O)c1cc(OC)c(OC)c(OC)c1. The van der Waals surface area contributed by atoms with Crippen LogP contribution in [0.2, 0.25) is 0 Å². The average molecular weight is 477 g/mol. The number of rotatable bonds is 8. The summed E-state index contributed by atoms with van der Waals surface area (Å²) < 4.78 is 21.4. The molecule has 0 aliphatic carbocycles. The lowest BCUT2D eigenvalue weighted by Crippen LogP contribution is -2.40. The maximum absolute atomic E-state index is 13.2. The van der Waals surface area contributed by atoms with Crippen LogP contribution in [0.3, 0.4) is 0 Å². The normalized spacial score (nSPS) is 15.1. The fourth-order valence-electron chi connectivity index (χ4n) is 3.71. The summed E-state index contributed by atoms with van der Waals surface area (Å²) in [4.78, 5) is 41.9. The van der Waals surface area contributed by atoms with Crippen LogP contribution in [0.5, 0.6) is 17.2 Å². The van der Waals surface area contributed by atoms with Crippen LogP contribution in [0, 0.1) is 5.92 Å². The fourth-order valence-corrected chi connectivity index (χ4v) is 3.71. The molecule has 1 atom stereocenters. The van der Waals surface area contributed by atoms with Crippen LogP contribution in [0.1, 0.15) is 44.0 Å². The smallest absolute Gasteiger partial charge is 0.410 e. The van der Waals surface area contributed by atoms with Crippen LogP contribution in [0.4, 0.5) is 4.79 Å². The van der Waals surface area contributed by atoms with E-state index in [0.29, 0.717) is 55.4 Å². The van der Waals surface area contributed by atoms with Crippen LogP contribution >= 0.6 is 0 Å². The molecule has 1 aliphatic heterocycles. The zero-order chi connectivity index (χ0) is 25.5. The molecule has 1 fully saturated rings. The zero-order valence-corrected chi connectivity index (χ0v) is 21.0. The first-order valence-corrected chi connectivity index (χ1v) is 11.3. The molecule has 0 bridgehead atoms. The van der Waals surface area contributed by atoms with Gasteiger partial charge in [0, 0.05) is 44.1 Å². The van der Waals surface area contributed by atoms with Crippen molar-refractivity contribution < 1.29 is 33.3 Å². The molecule has 1 aromatic rings. The number of amides is 2. The lowest BCUT2D eigenvalue weighted by atomic mass is 9.93. The number of Topliss-reactive ketones (excluding diaryl/α,β-unsaturated/α-hetero) is 1. The third-order valence-corrected chi connectivity index (χ3v) is 5.47. The van der Waals surface area contributed by atoms with Crippen LogP contribution < -0.4 is 14.2 Å². The highest BCUT2D eigenvalue weighted by molar-refractivity contribution is 6.02. The van der Waals surface area contributed by atoms with Gasteiger partial charge in [-0.25, -0.2) is 4.79 Å². The van der Waals surface area contributed by atoms with Gasteiger partial charge in [0.1, 0.15) is 5.60 Å². The number of nitrogens with zero attached hydrogens (tertiary/aromatic N) is 2. The van der Waals surface area contributed by atoms with Gasteiger partial charge >= 0.3 is 6.09 Å². The monoisotopic (exact) mass is 476 g/mol. The molecule has 1 aliphatic rings. The van der Waals surface area contributed by atoms with Gasteiger partial charge in [-0.3, -0.25) is 9.59 Å². The number of methoxy groups -OCH3 is 3. The van der Waals surface area contributed by atoms with E-state index in [4.69, 9.17) is 18.9 Å². The zero-order valence-electron chi connectivity index (χ0n) is 21.0. The van der Waals surface area contributed by atoms with Gasteiger partial charge in [-0.2, -0.15) is 0 Å². The summed E-state index contributed by atoms with van der Waals surface area (Å²) in [5.74, 6) is -0.0693. The second-order valence-corrected chi connectivity index (χ2v) is 9.03. The predicted octanol–water partition coefficient (Wildman–Crippen LogP) is 3.56. The van der Waals surface area contributed by atoms with Crippen molar-refractivity contribution in [2.24, 2.45) is 5.92 Å². The summed E-state index contributed by atoms with van der Waals surface area (Å²) >= 11 is 0. The van der Waals surface area contributed by atoms with Crippen molar-refractivity contribution in [2.45, 2.75) is 39.2 Å². The van der Waals surface area contributed by atoms with Gasteiger partial charge in [0.2, 0.25) is 11.7 Å². The van der Waals surface area contributed by atoms with Crippen molar-refractivity contribution in [3.63, 3.8) is 0 Å². The lowest BCUT2D eigenvalue weighted by molar-refractivity contribution is -0.131. The van der Waals surface area contributed by atoms with E-state index < -0.39 is 11.5 Å². The van der Waals surface area contributed by atoms with E-state index in [-0.39, 0.29) is 24.2 Å². The van der Waals surface area contributed by atoms with E-state index >= 15 is 0 Å². The lowest BCUT2D eigenvalue weighted by Gasteiger charge is -2.26. The molecule has 0 spiro atoms. The van der Waals surface area contributed by atoms with E-state index in [1.807, 2.05) is 20.8 Å². The third kappa shape index (κ3) is 6.88. The van der Waals surface area contributed by atoms with Crippen LogP contribution in [-0.4, -0.2) is 80.7 Å². The molecule has 1 heterocycles. The van der Waals surface area contributed by atoms with Crippen molar-refractivity contribution in [2.75, 3.05) is 47.5 Å². The van der Waals surface area contributed by atoms with E-state index in [0.717, 1.165) is 0 Å². The summed E-state index contributed by atoms with van der Waals surface area (Å²) in [6, 6.07) is 3.13. The first-order valence-electron chi connectivity index (χ1n) is 11.3. The topological polar surface area (TPSA) is 94.6 Å². The second-order valence-electron chi connectivity index (χ2n) is 9.03. The molecule has 0 radical (unpaired) electrons. The van der Waals surface area contributed by atoms with Crippen molar-refractivity contribution in [1.29, 1.82) is 0 Å². The summed E-state index contributed by atoms with van der Waals surface area (Å²) in [7, 11) is 4.43. The molecule has 0 N–H and O–H groups in total. The van der Waals surface area contributed by atoms with Crippen LogP contribution in [0.25, 0.3) is 0 Å². The van der Waals surface area contributed by atoms with Gasteiger partial charge in [0.05, 0.1) is 21.3 Å². The highest BCUT2D eigenvalue weighted by Gasteiger charge is 2.29. The second kappa shape index (κ2) is 11.8. The predicted molar refractivity (Wildman–Crippen MR) is 128 cm³/mol. The maximum atomic E-state index is 13.2. The van der Waals surface area contributed by atoms with Gasteiger partial charge in [0.25, 0.3) is 0 Å². The largest absolute Gasteiger partial charge is 0.493 e. The van der Waals surface area contributed by atoms with Gasteiger partial charge < -0.3 is 28.7 Å². The quantitative estimate of drug-likeness (QED) is 0.418. The maximum Gasteiger partial charge on any atom is 0.410 e. The number of hydrogen-bond acceptors (Lipinski definition) is 7. The van der Waals surface area contributed by atoms with Gasteiger partial charge in [-0.1, -0.05) is 6.08 Å². The van der Waals surface area contributed by atoms with Gasteiger partial charge in [-0.05, 0) is 39.3 Å². The number of carbonyl (C=O) groups excluding carboxylic acids is 3. The molecule has 1 aromatic carbocycles. The molecule has 0 aromatic heterocycles. The number of hydrogen-bond donors (Lipinski definition) is 0.